The maximum absolute atomic E-state index is 12.7. The van der Waals surface area contributed by atoms with Crippen LogP contribution in [0.2, 0.25) is 0 Å². The fourth-order valence-corrected chi connectivity index (χ4v) is 4.71. The first-order valence-electron chi connectivity index (χ1n) is 13.5. The summed E-state index contributed by atoms with van der Waals surface area (Å²) in [7, 11) is 0. The lowest BCUT2D eigenvalue weighted by atomic mass is 9.90. The number of hydrogen-bond acceptors (Lipinski definition) is 3. The van der Waals surface area contributed by atoms with Crippen LogP contribution >= 0.6 is 0 Å². The van der Waals surface area contributed by atoms with Crippen LogP contribution in [-0.2, 0) is 11.2 Å². The Hall–Kier alpha value is -2.95. The largest absolute Gasteiger partial charge is 0.339 e. The lowest BCUT2D eigenvalue weighted by Gasteiger charge is -2.26. The molecule has 2 aliphatic rings. The number of aliphatic imine (C=N–C) groups is 1. The zero-order valence-electron chi connectivity index (χ0n) is 22.6. The Labute approximate surface area is 217 Å². The summed E-state index contributed by atoms with van der Waals surface area (Å²) >= 11 is 0. The molecule has 1 atom stereocenters. The molecule has 1 N–H and O–H groups in total. The van der Waals surface area contributed by atoms with Gasteiger partial charge in [-0.1, -0.05) is 50.6 Å². The van der Waals surface area contributed by atoms with Crippen LogP contribution in [0.15, 0.2) is 64.8 Å². The third-order valence-corrected chi connectivity index (χ3v) is 7.10. The number of aryl methyl sites for hydroxylation is 1. The molecule has 0 bridgehead atoms. The van der Waals surface area contributed by atoms with Gasteiger partial charge in [-0.15, -0.1) is 0 Å². The van der Waals surface area contributed by atoms with Crippen LogP contribution in [-0.4, -0.2) is 35.6 Å². The summed E-state index contributed by atoms with van der Waals surface area (Å²) in [5, 5.41) is 2.96. The van der Waals surface area contributed by atoms with Crippen LogP contribution in [0, 0.1) is 11.8 Å². The fourth-order valence-electron chi connectivity index (χ4n) is 4.71. The van der Waals surface area contributed by atoms with Gasteiger partial charge in [0.1, 0.15) is 5.84 Å². The normalized spacial score (nSPS) is 17.0. The molecule has 0 aromatic heterocycles. The van der Waals surface area contributed by atoms with E-state index >= 15 is 0 Å². The predicted octanol–water partition coefficient (Wildman–Crippen LogP) is 6.62. The third kappa shape index (κ3) is 8.61. The van der Waals surface area contributed by atoms with Crippen molar-refractivity contribution in [2.45, 2.75) is 79.1 Å². The Bertz CT molecular complexity index is 1020. The van der Waals surface area contributed by atoms with Gasteiger partial charge in [0.2, 0.25) is 5.91 Å². The van der Waals surface area contributed by atoms with E-state index in [4.69, 9.17) is 0 Å². The number of carbonyl (C=O) groups is 2. The Balaban J connectivity index is 1.41. The average Bonchev–Trinajstić information content (AvgIpc) is 3.29. The van der Waals surface area contributed by atoms with Crippen molar-refractivity contribution < 1.29 is 9.59 Å². The van der Waals surface area contributed by atoms with E-state index in [0.29, 0.717) is 23.7 Å². The van der Waals surface area contributed by atoms with E-state index in [-0.39, 0.29) is 17.7 Å². The van der Waals surface area contributed by atoms with Crippen molar-refractivity contribution in [3.05, 3.63) is 71.0 Å². The second-order valence-electron chi connectivity index (χ2n) is 10.9. The van der Waals surface area contributed by atoms with Crippen LogP contribution in [0.5, 0.6) is 0 Å². The summed E-state index contributed by atoms with van der Waals surface area (Å²) < 4.78 is 0. The molecule has 1 fully saturated rings. The van der Waals surface area contributed by atoms with Crippen LogP contribution in [0.25, 0.3) is 0 Å². The predicted molar refractivity (Wildman–Crippen MR) is 149 cm³/mol. The average molecular weight is 490 g/mol. The summed E-state index contributed by atoms with van der Waals surface area (Å²) in [4.78, 5) is 31.6. The van der Waals surface area contributed by atoms with Crippen molar-refractivity contribution in [3.63, 3.8) is 0 Å². The van der Waals surface area contributed by atoms with Gasteiger partial charge < -0.3 is 10.2 Å². The Morgan fingerprint density at radius 2 is 1.81 bits per heavy atom. The van der Waals surface area contributed by atoms with Gasteiger partial charge in [-0.2, -0.15) is 0 Å². The van der Waals surface area contributed by atoms with E-state index in [9.17, 15) is 9.59 Å². The van der Waals surface area contributed by atoms with E-state index in [2.05, 4.69) is 37.7 Å². The van der Waals surface area contributed by atoms with E-state index in [1.165, 1.54) is 12.0 Å². The molecule has 194 valence electrons. The maximum Gasteiger partial charge on any atom is 0.256 e. The number of likely N-dealkylation sites (tertiary alicyclic amines) is 1. The first-order valence-corrected chi connectivity index (χ1v) is 13.5. The Kier molecular flexibility index (Phi) is 10.3. The van der Waals surface area contributed by atoms with Crippen molar-refractivity contribution in [2.24, 2.45) is 16.8 Å². The molecule has 2 amide bonds. The second-order valence-corrected chi connectivity index (χ2v) is 10.9. The Morgan fingerprint density at radius 3 is 2.47 bits per heavy atom. The SMILES string of the molecule is C=C(CC1=CN=C(NC(=O)c2ccc(CCC(C)C)cc2)C1)C(C)C/C(C)=C/C(=O)N1CCCCC1. The van der Waals surface area contributed by atoms with Gasteiger partial charge in [-0.05, 0) is 87.0 Å². The molecular weight excluding hydrogens is 446 g/mol. The van der Waals surface area contributed by atoms with Crippen molar-refractivity contribution in [3.8, 4) is 0 Å². The number of rotatable bonds is 10. The van der Waals surface area contributed by atoms with Gasteiger partial charge in [0.15, 0.2) is 0 Å². The molecule has 0 spiro atoms. The number of amidine groups is 1. The number of allylic oxidation sites excluding steroid dienone is 2. The number of benzene rings is 1. The molecule has 1 aromatic carbocycles. The lowest BCUT2D eigenvalue weighted by molar-refractivity contribution is -0.126. The fraction of sp³-hybridized carbons (Fsp3) is 0.516. The number of hydrogen-bond donors (Lipinski definition) is 1. The highest BCUT2D eigenvalue weighted by atomic mass is 16.2. The molecule has 5 heteroatoms. The highest BCUT2D eigenvalue weighted by molar-refractivity contribution is 6.07. The second kappa shape index (κ2) is 13.4. The third-order valence-electron chi connectivity index (χ3n) is 7.10. The van der Waals surface area contributed by atoms with Gasteiger partial charge >= 0.3 is 0 Å². The van der Waals surface area contributed by atoms with Crippen LogP contribution < -0.4 is 5.32 Å². The van der Waals surface area contributed by atoms with Gasteiger partial charge in [-0.25, -0.2) is 4.99 Å². The molecule has 1 aromatic rings. The minimum Gasteiger partial charge on any atom is -0.339 e. The number of nitrogens with one attached hydrogen (secondary N) is 1. The lowest BCUT2D eigenvalue weighted by Crippen LogP contribution is -2.34. The summed E-state index contributed by atoms with van der Waals surface area (Å²) in [6, 6.07) is 7.87. The Morgan fingerprint density at radius 1 is 1.11 bits per heavy atom. The highest BCUT2D eigenvalue weighted by Gasteiger charge is 2.18. The first kappa shape index (κ1) is 27.6. The number of amides is 2. The minimum absolute atomic E-state index is 0.120. The van der Waals surface area contributed by atoms with Gasteiger partial charge in [0.25, 0.3) is 5.91 Å². The van der Waals surface area contributed by atoms with Gasteiger partial charge in [0, 0.05) is 37.3 Å². The maximum atomic E-state index is 12.7. The van der Waals surface area contributed by atoms with Crippen LogP contribution in [0.3, 0.4) is 0 Å². The zero-order chi connectivity index (χ0) is 26.1. The summed E-state index contributed by atoms with van der Waals surface area (Å²) in [5.74, 6) is 1.64. The smallest absolute Gasteiger partial charge is 0.256 e. The van der Waals surface area contributed by atoms with Crippen molar-refractivity contribution in [2.75, 3.05) is 13.1 Å². The van der Waals surface area contributed by atoms with E-state index < -0.39 is 0 Å². The topological polar surface area (TPSA) is 61.8 Å². The first-order chi connectivity index (χ1) is 17.2. The van der Waals surface area contributed by atoms with Gasteiger partial charge in [0.05, 0.1) is 0 Å². The molecule has 0 aliphatic carbocycles. The summed E-state index contributed by atoms with van der Waals surface area (Å²) in [6.45, 7) is 14.7. The monoisotopic (exact) mass is 489 g/mol. The van der Waals surface area contributed by atoms with Crippen LogP contribution in [0.4, 0.5) is 0 Å². The van der Waals surface area contributed by atoms with Crippen molar-refractivity contribution in [1.82, 2.24) is 10.2 Å². The molecule has 2 heterocycles. The van der Waals surface area contributed by atoms with Gasteiger partial charge in [-0.3, -0.25) is 9.59 Å². The standard InChI is InChI=1S/C31H43N3O2/c1-22(2)9-10-26-11-13-28(14-12-26)31(36)33-29-20-27(21-32-29)19-25(5)24(4)17-23(3)18-30(35)34-15-7-6-8-16-34/h11-14,18,21-22,24H,5-10,15-17,19-20H2,1-4H3,(H,32,33,36)/b23-18+. The molecule has 1 unspecified atom stereocenters. The highest BCUT2D eigenvalue weighted by Crippen LogP contribution is 2.27. The molecule has 0 saturated carbocycles. The molecule has 36 heavy (non-hydrogen) atoms. The van der Waals surface area contributed by atoms with Crippen molar-refractivity contribution in [1.29, 1.82) is 0 Å². The molecule has 3 rings (SSSR count). The van der Waals surface area contributed by atoms with E-state index in [1.54, 1.807) is 6.08 Å². The molecule has 0 radical (unpaired) electrons. The zero-order valence-corrected chi connectivity index (χ0v) is 22.6. The molecule has 5 nitrogen and oxygen atoms in total. The number of carbonyl (C=O) groups excluding carboxylic acids is 2. The van der Waals surface area contributed by atoms with E-state index in [0.717, 1.165) is 68.3 Å². The number of nitrogens with zero attached hydrogens (tertiary/aromatic N) is 2. The molecule has 1 saturated heterocycles. The van der Waals surface area contributed by atoms with Crippen LogP contribution in [0.1, 0.15) is 88.6 Å². The quantitative estimate of drug-likeness (QED) is 0.296. The minimum atomic E-state index is -0.120. The summed E-state index contributed by atoms with van der Waals surface area (Å²) in [5.41, 5.74) is 5.28. The van der Waals surface area contributed by atoms with E-state index in [1.807, 2.05) is 42.3 Å². The molecular formula is C31H43N3O2. The summed E-state index contributed by atoms with van der Waals surface area (Å²) in [6.07, 6.45) is 11.5. The molecule has 2 aliphatic heterocycles. The number of piperidine rings is 1. The van der Waals surface area contributed by atoms with Crippen molar-refractivity contribution >= 4 is 17.6 Å².